The lowest BCUT2D eigenvalue weighted by atomic mass is 10.0. The molecule has 0 aliphatic heterocycles. The number of allylic oxidation sites excluding steroid dienone is 2. The lowest BCUT2D eigenvalue weighted by molar-refractivity contribution is -0.218. The summed E-state index contributed by atoms with van der Waals surface area (Å²) < 4.78 is 5.93. The number of rotatable bonds is 11. The fourth-order valence-electron chi connectivity index (χ4n) is 2.50. The molecule has 0 saturated carbocycles. The summed E-state index contributed by atoms with van der Waals surface area (Å²) in [5.41, 5.74) is 8.25. The van der Waals surface area contributed by atoms with Crippen LogP contribution in [0.3, 0.4) is 0 Å². The van der Waals surface area contributed by atoms with Gasteiger partial charge in [-0.2, -0.15) is 0 Å². The van der Waals surface area contributed by atoms with Crippen molar-refractivity contribution in [2.45, 2.75) is 64.2 Å². The van der Waals surface area contributed by atoms with Gasteiger partial charge >= 0.3 is 0 Å². The van der Waals surface area contributed by atoms with Gasteiger partial charge in [-0.3, -0.25) is 9.63 Å². The number of ether oxygens (including phenoxy) is 1. The predicted octanol–water partition coefficient (Wildman–Crippen LogP) is 2.22. The van der Waals surface area contributed by atoms with Gasteiger partial charge in [0, 0.05) is 38.4 Å². The number of hydrogen-bond donors (Lipinski definition) is 3. The summed E-state index contributed by atoms with van der Waals surface area (Å²) in [6.07, 6.45) is 10.7. The first-order chi connectivity index (χ1) is 12.9. The van der Waals surface area contributed by atoms with Crippen molar-refractivity contribution < 1.29 is 14.4 Å². The van der Waals surface area contributed by atoms with E-state index < -0.39 is 5.60 Å². The second-order valence-corrected chi connectivity index (χ2v) is 8.66. The first-order valence-electron chi connectivity index (χ1n) is 9.76. The molecule has 1 atom stereocenters. The van der Waals surface area contributed by atoms with Crippen molar-refractivity contribution in [3.63, 3.8) is 0 Å². The Kier molecular flexibility index (Phi) is 9.04. The second-order valence-electron chi connectivity index (χ2n) is 8.66. The lowest BCUT2D eigenvalue weighted by Gasteiger charge is -2.28. The van der Waals surface area contributed by atoms with Crippen molar-refractivity contribution in [1.82, 2.24) is 15.9 Å². The lowest BCUT2D eigenvalue weighted by Crippen LogP contribution is -2.39. The minimum Gasteiger partial charge on any atom is -0.375 e. The van der Waals surface area contributed by atoms with E-state index in [9.17, 15) is 4.79 Å². The highest BCUT2D eigenvalue weighted by Gasteiger charge is 2.23. The molecular weight excluding hydrogens is 356 g/mol. The molecule has 0 aromatic rings. The third-order valence-corrected chi connectivity index (χ3v) is 4.46. The van der Waals surface area contributed by atoms with E-state index in [-0.39, 0.29) is 17.0 Å². The highest BCUT2D eigenvalue weighted by Crippen LogP contribution is 2.20. The molecule has 0 aromatic carbocycles. The monoisotopic (exact) mass is 394 g/mol. The van der Waals surface area contributed by atoms with Gasteiger partial charge < -0.3 is 15.8 Å². The van der Waals surface area contributed by atoms with Crippen LogP contribution in [0.25, 0.3) is 0 Å². The summed E-state index contributed by atoms with van der Waals surface area (Å²) in [5, 5.41) is 4.48. The summed E-state index contributed by atoms with van der Waals surface area (Å²) in [6, 6.07) is 0. The van der Waals surface area contributed by atoms with Gasteiger partial charge in [0.05, 0.1) is 5.60 Å². The highest BCUT2D eigenvalue weighted by atomic mass is 16.7. The molecule has 0 bridgehead atoms. The zero-order valence-electron chi connectivity index (χ0n) is 18.5. The molecule has 4 N–H and O–H groups in total. The topological polar surface area (TPSA) is 88.8 Å². The number of nitrogens with one attached hydrogen (secondary N) is 2. The summed E-state index contributed by atoms with van der Waals surface area (Å²) >= 11 is 0. The largest absolute Gasteiger partial charge is 0.375 e. The normalized spacial score (nSPS) is 20.2. The minimum absolute atomic E-state index is 0.119. The van der Waals surface area contributed by atoms with Crippen molar-refractivity contribution in [2.24, 2.45) is 5.73 Å². The average Bonchev–Trinajstić information content (AvgIpc) is 2.74. The maximum absolute atomic E-state index is 12.5. The number of nitrogens with zero attached hydrogens (tertiary/aromatic N) is 1. The Morgan fingerprint density at radius 1 is 1.25 bits per heavy atom. The predicted molar refractivity (Wildman–Crippen MR) is 113 cm³/mol. The number of hydrogen-bond acceptors (Lipinski definition) is 6. The zero-order chi connectivity index (χ0) is 21.4. The third kappa shape index (κ3) is 9.61. The van der Waals surface area contributed by atoms with Crippen LogP contribution < -0.4 is 16.5 Å². The van der Waals surface area contributed by atoms with Crippen molar-refractivity contribution in [3.05, 3.63) is 36.0 Å². The van der Waals surface area contributed by atoms with Gasteiger partial charge in [-0.05, 0) is 65.7 Å². The first kappa shape index (κ1) is 24.5. The number of carbonyl (C=O) groups is 1. The molecule has 0 radical (unpaired) electrons. The van der Waals surface area contributed by atoms with Crippen LogP contribution in [0.1, 0.15) is 47.5 Å². The smallest absolute Gasteiger partial charge is 0.251 e. The SMILES string of the molecule is CNN(C)OC1(C)C=CC=C(C(=O)NCCC(C)(C)OCCC(C)(C)N)C=C1. The van der Waals surface area contributed by atoms with Gasteiger partial charge in [0.15, 0.2) is 0 Å². The summed E-state index contributed by atoms with van der Waals surface area (Å²) in [4.78, 5) is 18.3. The first-order valence-corrected chi connectivity index (χ1v) is 9.76. The van der Waals surface area contributed by atoms with Gasteiger partial charge in [-0.15, -0.1) is 5.17 Å². The standard InChI is InChI=1S/C21H38N4O3/c1-19(2,22)14-16-27-20(3,4)13-15-24-18(26)17-9-8-11-21(5,12-10-17)28-25(7)23-6/h8-12,23H,13-16,22H2,1-7H3,(H,24,26). The Labute approximate surface area is 169 Å². The van der Waals surface area contributed by atoms with Crippen LogP contribution in [-0.2, 0) is 14.4 Å². The van der Waals surface area contributed by atoms with E-state index in [1.165, 1.54) is 5.17 Å². The maximum Gasteiger partial charge on any atom is 0.251 e. The molecular formula is C21H38N4O3. The molecule has 1 unspecified atom stereocenters. The Bertz CT molecular complexity index is 605. The van der Waals surface area contributed by atoms with Crippen molar-refractivity contribution in [3.8, 4) is 0 Å². The fourth-order valence-corrected chi connectivity index (χ4v) is 2.50. The Morgan fingerprint density at radius 2 is 1.93 bits per heavy atom. The second kappa shape index (κ2) is 10.3. The molecule has 0 spiro atoms. The molecule has 7 nitrogen and oxygen atoms in total. The van der Waals surface area contributed by atoms with Gasteiger partial charge in [0.1, 0.15) is 5.60 Å². The highest BCUT2D eigenvalue weighted by molar-refractivity contribution is 5.96. The van der Waals surface area contributed by atoms with E-state index in [0.29, 0.717) is 25.1 Å². The molecule has 28 heavy (non-hydrogen) atoms. The van der Waals surface area contributed by atoms with Crippen molar-refractivity contribution in [1.29, 1.82) is 0 Å². The Balaban J connectivity index is 2.49. The summed E-state index contributed by atoms with van der Waals surface area (Å²) in [6.45, 7) is 11.1. The van der Waals surface area contributed by atoms with E-state index in [4.69, 9.17) is 15.3 Å². The van der Waals surface area contributed by atoms with Crippen LogP contribution in [0.15, 0.2) is 36.0 Å². The summed E-state index contributed by atoms with van der Waals surface area (Å²) in [5.74, 6) is -0.119. The molecule has 1 aliphatic rings. The van der Waals surface area contributed by atoms with Crippen LogP contribution in [0, 0.1) is 0 Å². The Morgan fingerprint density at radius 3 is 2.54 bits per heavy atom. The minimum atomic E-state index is -0.636. The van der Waals surface area contributed by atoms with Gasteiger partial charge in [0.25, 0.3) is 5.91 Å². The molecule has 0 saturated heterocycles. The molecule has 0 aromatic heterocycles. The van der Waals surface area contributed by atoms with Crippen LogP contribution in [0.5, 0.6) is 0 Å². The van der Waals surface area contributed by atoms with E-state index in [1.54, 1.807) is 26.2 Å². The van der Waals surface area contributed by atoms with Crippen LogP contribution >= 0.6 is 0 Å². The molecule has 160 valence electrons. The van der Waals surface area contributed by atoms with Gasteiger partial charge in [-0.25, -0.2) is 5.43 Å². The molecule has 0 heterocycles. The van der Waals surface area contributed by atoms with Crippen LogP contribution in [0.2, 0.25) is 0 Å². The molecule has 1 aliphatic carbocycles. The molecule has 7 heteroatoms. The number of hydroxylamine groups is 1. The number of carbonyl (C=O) groups excluding carboxylic acids is 1. The zero-order valence-corrected chi connectivity index (χ0v) is 18.5. The fraction of sp³-hybridized carbons (Fsp3) is 0.667. The third-order valence-electron chi connectivity index (χ3n) is 4.46. The Hall–Kier alpha value is -1.51. The molecule has 0 fully saturated rings. The molecule has 1 rings (SSSR count). The summed E-state index contributed by atoms with van der Waals surface area (Å²) in [7, 11) is 3.55. The van der Waals surface area contributed by atoms with Crippen LogP contribution in [0.4, 0.5) is 0 Å². The average molecular weight is 395 g/mol. The van der Waals surface area contributed by atoms with Crippen molar-refractivity contribution in [2.75, 3.05) is 27.2 Å². The van der Waals surface area contributed by atoms with Gasteiger partial charge in [-0.1, -0.05) is 12.2 Å². The van der Waals surface area contributed by atoms with Gasteiger partial charge in [0.2, 0.25) is 0 Å². The van der Waals surface area contributed by atoms with E-state index in [1.807, 2.05) is 52.8 Å². The number of amides is 1. The molecule has 1 amide bonds. The number of nitrogens with two attached hydrogens (primary N) is 1. The van der Waals surface area contributed by atoms with E-state index >= 15 is 0 Å². The number of hydrazine groups is 1. The van der Waals surface area contributed by atoms with E-state index in [0.717, 1.165) is 6.42 Å². The van der Waals surface area contributed by atoms with Crippen LogP contribution in [-0.4, -0.2) is 55.1 Å². The van der Waals surface area contributed by atoms with Crippen molar-refractivity contribution >= 4 is 5.91 Å². The maximum atomic E-state index is 12.5. The van der Waals surface area contributed by atoms with E-state index in [2.05, 4.69) is 10.7 Å². The quantitative estimate of drug-likeness (QED) is 0.466.